The molecule has 2 rings (SSSR count). The highest BCUT2D eigenvalue weighted by molar-refractivity contribution is 7.89. The number of carboxylic acid groups (broad SMARTS) is 1. The quantitative estimate of drug-likeness (QED) is 0.838. The van der Waals surface area contributed by atoms with E-state index in [-0.39, 0.29) is 10.5 Å². The summed E-state index contributed by atoms with van der Waals surface area (Å²) in [7, 11) is -0.574. The van der Waals surface area contributed by atoms with E-state index in [9.17, 15) is 13.2 Å². The zero-order valence-corrected chi connectivity index (χ0v) is 13.0. The molecule has 0 atom stereocenters. The molecule has 2 aromatic rings. The molecule has 0 bridgehead atoms. The van der Waals surface area contributed by atoms with Crippen LogP contribution in [0.3, 0.4) is 0 Å². The summed E-state index contributed by atoms with van der Waals surface area (Å²) in [4.78, 5) is 11.2. The predicted octanol–water partition coefficient (Wildman–Crippen LogP) is 1.88. The van der Waals surface area contributed by atoms with E-state index < -0.39 is 16.0 Å². The molecule has 0 aliphatic carbocycles. The first kappa shape index (κ1) is 16.0. The Morgan fingerprint density at radius 3 is 2.14 bits per heavy atom. The average molecular weight is 320 g/mol. The summed E-state index contributed by atoms with van der Waals surface area (Å²) in [6, 6.07) is 10.7. The maximum Gasteiger partial charge on any atom is 0.335 e. The largest absolute Gasteiger partial charge is 0.478 e. The number of aromatic carboxylic acids is 1. The standard InChI is InChI=1S/C15H16N2O4S/c1-17(2)22(20,21)14-5-3-10(4-6-14)11-7-12(15(18)19)9-13(16)8-11/h3-9H,16H2,1-2H3,(H,18,19). The number of nitrogen functional groups attached to an aromatic ring is 1. The molecule has 0 aromatic heterocycles. The fourth-order valence-corrected chi connectivity index (χ4v) is 2.87. The van der Waals surface area contributed by atoms with Crippen molar-refractivity contribution in [3.8, 4) is 11.1 Å². The fourth-order valence-electron chi connectivity index (χ4n) is 1.97. The molecule has 0 heterocycles. The lowest BCUT2D eigenvalue weighted by molar-refractivity contribution is 0.0697. The molecule has 0 aliphatic heterocycles. The molecule has 6 nitrogen and oxygen atoms in total. The molecular formula is C15H16N2O4S. The Labute approximate surface area is 128 Å². The van der Waals surface area contributed by atoms with Gasteiger partial charge in [0, 0.05) is 19.8 Å². The Kier molecular flexibility index (Phi) is 4.20. The lowest BCUT2D eigenvalue weighted by Crippen LogP contribution is -2.22. The molecular weight excluding hydrogens is 304 g/mol. The predicted molar refractivity (Wildman–Crippen MR) is 84.1 cm³/mol. The van der Waals surface area contributed by atoms with Gasteiger partial charge in [-0.2, -0.15) is 0 Å². The molecule has 3 N–H and O–H groups in total. The molecule has 22 heavy (non-hydrogen) atoms. The van der Waals surface area contributed by atoms with Crippen LogP contribution in [-0.4, -0.2) is 37.9 Å². The van der Waals surface area contributed by atoms with Gasteiger partial charge in [0.1, 0.15) is 0 Å². The summed E-state index contributed by atoms with van der Waals surface area (Å²) < 4.78 is 25.1. The number of sulfonamides is 1. The van der Waals surface area contributed by atoms with E-state index in [2.05, 4.69) is 0 Å². The Morgan fingerprint density at radius 2 is 1.64 bits per heavy atom. The summed E-state index contributed by atoms with van der Waals surface area (Å²) >= 11 is 0. The summed E-state index contributed by atoms with van der Waals surface area (Å²) in [6.07, 6.45) is 0. The zero-order chi connectivity index (χ0) is 16.5. The van der Waals surface area contributed by atoms with Crippen molar-refractivity contribution in [2.24, 2.45) is 0 Å². The van der Waals surface area contributed by atoms with Gasteiger partial charge in [-0.25, -0.2) is 17.5 Å². The third kappa shape index (κ3) is 3.10. The summed E-state index contributed by atoms with van der Waals surface area (Å²) in [5, 5.41) is 9.05. The molecule has 0 aliphatic rings. The molecule has 2 aromatic carbocycles. The summed E-state index contributed by atoms with van der Waals surface area (Å²) in [5.74, 6) is -1.07. The van der Waals surface area contributed by atoms with Crippen molar-refractivity contribution in [3.63, 3.8) is 0 Å². The first-order valence-electron chi connectivity index (χ1n) is 6.38. The second-order valence-corrected chi connectivity index (χ2v) is 7.11. The number of hydrogen-bond donors (Lipinski definition) is 2. The van der Waals surface area contributed by atoms with Crippen molar-refractivity contribution in [1.29, 1.82) is 0 Å². The minimum absolute atomic E-state index is 0.0833. The van der Waals surface area contributed by atoms with Crippen LogP contribution < -0.4 is 5.73 Å². The molecule has 0 unspecified atom stereocenters. The summed E-state index contributed by atoms with van der Waals surface area (Å²) in [6.45, 7) is 0. The van der Waals surface area contributed by atoms with E-state index in [1.165, 1.54) is 38.4 Å². The van der Waals surface area contributed by atoms with Gasteiger partial charge in [-0.1, -0.05) is 12.1 Å². The van der Waals surface area contributed by atoms with Gasteiger partial charge in [-0.05, 0) is 41.5 Å². The van der Waals surface area contributed by atoms with Crippen molar-refractivity contribution in [2.45, 2.75) is 4.90 Å². The highest BCUT2D eigenvalue weighted by atomic mass is 32.2. The normalized spacial score (nSPS) is 11.6. The smallest absolute Gasteiger partial charge is 0.335 e. The number of carboxylic acids is 1. The van der Waals surface area contributed by atoms with Crippen LogP contribution in [0.4, 0.5) is 5.69 Å². The molecule has 0 saturated carbocycles. The lowest BCUT2D eigenvalue weighted by atomic mass is 10.0. The lowest BCUT2D eigenvalue weighted by Gasteiger charge is -2.12. The summed E-state index contributed by atoms with van der Waals surface area (Å²) in [5.41, 5.74) is 7.43. The maximum absolute atomic E-state index is 12.0. The molecule has 7 heteroatoms. The van der Waals surface area contributed by atoms with Crippen LogP contribution in [0.1, 0.15) is 10.4 Å². The highest BCUT2D eigenvalue weighted by Gasteiger charge is 2.17. The minimum atomic E-state index is -3.49. The fraction of sp³-hybridized carbons (Fsp3) is 0.133. The minimum Gasteiger partial charge on any atom is -0.478 e. The van der Waals surface area contributed by atoms with Crippen molar-refractivity contribution >= 4 is 21.7 Å². The molecule has 0 radical (unpaired) electrons. The number of carbonyl (C=O) groups is 1. The number of anilines is 1. The molecule has 116 valence electrons. The van der Waals surface area contributed by atoms with Gasteiger partial charge < -0.3 is 10.8 Å². The van der Waals surface area contributed by atoms with E-state index in [0.29, 0.717) is 16.8 Å². The van der Waals surface area contributed by atoms with Gasteiger partial charge in [0.15, 0.2) is 0 Å². The van der Waals surface area contributed by atoms with Gasteiger partial charge in [-0.3, -0.25) is 0 Å². The van der Waals surface area contributed by atoms with Crippen LogP contribution in [0.25, 0.3) is 11.1 Å². The van der Waals surface area contributed by atoms with Crippen molar-refractivity contribution < 1.29 is 18.3 Å². The average Bonchev–Trinajstić information content (AvgIpc) is 2.46. The SMILES string of the molecule is CN(C)S(=O)(=O)c1ccc(-c2cc(N)cc(C(=O)O)c2)cc1. The molecule has 0 fully saturated rings. The monoisotopic (exact) mass is 320 g/mol. The molecule has 0 spiro atoms. The number of nitrogens with two attached hydrogens (primary N) is 1. The zero-order valence-electron chi connectivity index (χ0n) is 12.1. The van der Waals surface area contributed by atoms with Gasteiger partial charge in [-0.15, -0.1) is 0 Å². The topological polar surface area (TPSA) is 101 Å². The third-order valence-electron chi connectivity index (χ3n) is 3.17. The Bertz CT molecular complexity index is 812. The van der Waals surface area contributed by atoms with Gasteiger partial charge in [0.2, 0.25) is 10.0 Å². The van der Waals surface area contributed by atoms with E-state index in [4.69, 9.17) is 10.8 Å². The first-order valence-corrected chi connectivity index (χ1v) is 7.82. The van der Waals surface area contributed by atoms with Crippen LogP contribution in [0.5, 0.6) is 0 Å². The van der Waals surface area contributed by atoms with Crippen LogP contribution in [-0.2, 0) is 10.0 Å². The van der Waals surface area contributed by atoms with Crippen molar-refractivity contribution in [3.05, 3.63) is 48.0 Å². The third-order valence-corrected chi connectivity index (χ3v) is 5.00. The Hall–Kier alpha value is -2.38. The van der Waals surface area contributed by atoms with Gasteiger partial charge in [0.25, 0.3) is 0 Å². The van der Waals surface area contributed by atoms with E-state index in [1.807, 2.05) is 0 Å². The van der Waals surface area contributed by atoms with Crippen LogP contribution in [0, 0.1) is 0 Å². The van der Waals surface area contributed by atoms with Gasteiger partial charge >= 0.3 is 5.97 Å². The maximum atomic E-state index is 12.0. The van der Waals surface area contributed by atoms with E-state index >= 15 is 0 Å². The van der Waals surface area contributed by atoms with Crippen LogP contribution in [0.2, 0.25) is 0 Å². The second-order valence-electron chi connectivity index (χ2n) is 4.96. The first-order chi connectivity index (χ1) is 10.2. The number of hydrogen-bond acceptors (Lipinski definition) is 4. The van der Waals surface area contributed by atoms with Gasteiger partial charge in [0.05, 0.1) is 10.5 Å². The Morgan fingerprint density at radius 1 is 1.05 bits per heavy atom. The van der Waals surface area contributed by atoms with Crippen LogP contribution >= 0.6 is 0 Å². The Balaban J connectivity index is 2.46. The second kappa shape index (κ2) is 5.78. The number of rotatable bonds is 4. The van der Waals surface area contributed by atoms with E-state index in [1.54, 1.807) is 18.2 Å². The molecule has 0 amide bonds. The number of nitrogens with zero attached hydrogens (tertiary/aromatic N) is 1. The van der Waals surface area contributed by atoms with Crippen LogP contribution in [0.15, 0.2) is 47.4 Å². The van der Waals surface area contributed by atoms with E-state index in [0.717, 1.165) is 4.31 Å². The van der Waals surface area contributed by atoms with Crippen molar-refractivity contribution in [2.75, 3.05) is 19.8 Å². The highest BCUT2D eigenvalue weighted by Crippen LogP contribution is 2.25. The van der Waals surface area contributed by atoms with Crippen molar-refractivity contribution in [1.82, 2.24) is 4.31 Å². The number of benzene rings is 2. The molecule has 0 saturated heterocycles.